The minimum atomic E-state index is 0.239. The number of hydrogen-bond donors (Lipinski definition) is 1. The van der Waals surface area contributed by atoms with Crippen LogP contribution in [0.1, 0.15) is 26.7 Å². The van der Waals surface area contributed by atoms with Gasteiger partial charge in [-0.1, -0.05) is 31.9 Å². The maximum Gasteiger partial charge on any atom is 0.241 e. The van der Waals surface area contributed by atoms with Gasteiger partial charge in [-0.05, 0) is 12.3 Å². The highest BCUT2D eigenvalue weighted by molar-refractivity contribution is 6.32. The molecule has 1 unspecified atom stereocenters. The van der Waals surface area contributed by atoms with E-state index in [-0.39, 0.29) is 5.15 Å². The fraction of sp³-hybridized carbons (Fsp3) is 0.600. The van der Waals surface area contributed by atoms with Crippen LogP contribution in [0.25, 0.3) is 0 Å². The van der Waals surface area contributed by atoms with Crippen LogP contribution < -0.4 is 10.5 Å². The van der Waals surface area contributed by atoms with Crippen molar-refractivity contribution in [2.45, 2.75) is 26.7 Å². The maximum atomic E-state index is 5.73. The van der Waals surface area contributed by atoms with Gasteiger partial charge in [0.05, 0.1) is 6.61 Å². The number of anilines is 1. The lowest BCUT2D eigenvalue weighted by Gasteiger charge is -2.12. The summed E-state index contributed by atoms with van der Waals surface area (Å²) < 4.78 is 5.47. The molecule has 0 bridgehead atoms. The van der Waals surface area contributed by atoms with Gasteiger partial charge < -0.3 is 10.5 Å². The van der Waals surface area contributed by atoms with Gasteiger partial charge in [0.25, 0.3) is 0 Å². The van der Waals surface area contributed by atoms with Crippen LogP contribution in [0.5, 0.6) is 5.88 Å². The van der Waals surface area contributed by atoms with Gasteiger partial charge in [0.15, 0.2) is 5.15 Å². The number of nitrogens with two attached hydrogens (primary N) is 1. The van der Waals surface area contributed by atoms with Crippen molar-refractivity contribution in [3.8, 4) is 5.88 Å². The van der Waals surface area contributed by atoms with Gasteiger partial charge in [-0.2, -0.15) is 4.98 Å². The van der Waals surface area contributed by atoms with Crippen LogP contribution in [0.3, 0.4) is 0 Å². The van der Waals surface area contributed by atoms with E-state index in [1.54, 1.807) is 0 Å². The summed E-state index contributed by atoms with van der Waals surface area (Å²) >= 11 is 5.73. The number of nitrogens with zero attached hydrogens (tertiary/aromatic N) is 2. The molecule has 1 aromatic rings. The first-order valence-corrected chi connectivity index (χ1v) is 5.41. The second kappa shape index (κ2) is 5.75. The lowest BCUT2D eigenvalue weighted by Crippen LogP contribution is -2.10. The minimum absolute atomic E-state index is 0.239. The fourth-order valence-corrected chi connectivity index (χ4v) is 1.40. The van der Waals surface area contributed by atoms with Crippen LogP contribution in [0, 0.1) is 5.92 Å². The molecule has 0 saturated carbocycles. The number of nitrogen functional groups attached to an aromatic ring is 1. The Morgan fingerprint density at radius 2 is 2.27 bits per heavy atom. The van der Waals surface area contributed by atoms with Gasteiger partial charge in [0.2, 0.25) is 5.88 Å². The molecule has 0 aliphatic carbocycles. The van der Waals surface area contributed by atoms with Crippen LogP contribution in [-0.4, -0.2) is 16.6 Å². The predicted octanol–water partition coefficient (Wildman–Crippen LogP) is 2.53. The third kappa shape index (κ3) is 3.55. The Bertz CT molecular complexity index is 320. The summed E-state index contributed by atoms with van der Waals surface area (Å²) in [7, 11) is 0. The quantitative estimate of drug-likeness (QED) is 0.789. The molecule has 15 heavy (non-hydrogen) atoms. The molecule has 0 spiro atoms. The first kappa shape index (κ1) is 12.0. The molecular formula is C10H16ClN3O. The van der Waals surface area contributed by atoms with Gasteiger partial charge >= 0.3 is 0 Å². The highest BCUT2D eigenvalue weighted by Crippen LogP contribution is 2.24. The van der Waals surface area contributed by atoms with Crippen molar-refractivity contribution >= 4 is 17.3 Å². The Morgan fingerprint density at radius 1 is 1.53 bits per heavy atom. The van der Waals surface area contributed by atoms with E-state index in [2.05, 4.69) is 23.8 Å². The summed E-state index contributed by atoms with van der Waals surface area (Å²) in [6.07, 6.45) is 3.61. The molecule has 1 rings (SSSR count). The number of rotatable bonds is 5. The Morgan fingerprint density at radius 3 is 2.93 bits per heavy atom. The van der Waals surface area contributed by atoms with Crippen LogP contribution in [-0.2, 0) is 0 Å². The van der Waals surface area contributed by atoms with Crippen LogP contribution in [0.4, 0.5) is 5.69 Å². The lowest BCUT2D eigenvalue weighted by molar-refractivity contribution is 0.244. The molecule has 1 aromatic heterocycles. The van der Waals surface area contributed by atoms with Crippen molar-refractivity contribution in [2.24, 2.45) is 5.92 Å². The Kier molecular flexibility index (Phi) is 4.62. The Labute approximate surface area is 94.8 Å². The van der Waals surface area contributed by atoms with Gasteiger partial charge in [0.1, 0.15) is 12.0 Å². The van der Waals surface area contributed by atoms with E-state index in [9.17, 15) is 0 Å². The zero-order valence-electron chi connectivity index (χ0n) is 9.03. The van der Waals surface area contributed by atoms with Crippen molar-refractivity contribution in [3.05, 3.63) is 11.5 Å². The van der Waals surface area contributed by atoms with E-state index in [0.29, 0.717) is 24.1 Å². The number of ether oxygens (including phenoxy) is 1. The average molecular weight is 230 g/mol. The minimum Gasteiger partial charge on any atom is -0.476 e. The standard InChI is InChI=1S/C10H16ClN3O/c1-3-4-7(2)5-15-10-8(12)9(11)13-6-14-10/h6-7H,3-5,12H2,1-2H3. The first-order valence-electron chi connectivity index (χ1n) is 5.04. The summed E-state index contributed by atoms with van der Waals surface area (Å²) in [6, 6.07) is 0. The summed E-state index contributed by atoms with van der Waals surface area (Å²) in [4.78, 5) is 7.68. The predicted molar refractivity (Wildman–Crippen MR) is 61.0 cm³/mol. The Hall–Kier alpha value is -1.03. The largest absolute Gasteiger partial charge is 0.476 e. The third-order valence-corrected chi connectivity index (χ3v) is 2.39. The van der Waals surface area contributed by atoms with E-state index in [4.69, 9.17) is 22.1 Å². The third-order valence-electron chi connectivity index (χ3n) is 2.08. The van der Waals surface area contributed by atoms with Gasteiger partial charge in [-0.3, -0.25) is 0 Å². The summed E-state index contributed by atoms with van der Waals surface area (Å²) in [6.45, 7) is 4.88. The molecule has 5 heteroatoms. The highest BCUT2D eigenvalue weighted by Gasteiger charge is 2.08. The van der Waals surface area contributed by atoms with E-state index in [1.165, 1.54) is 6.33 Å². The normalized spacial score (nSPS) is 12.5. The average Bonchev–Trinajstić information content (AvgIpc) is 2.21. The SMILES string of the molecule is CCCC(C)COc1ncnc(Cl)c1N. The zero-order valence-corrected chi connectivity index (χ0v) is 9.79. The highest BCUT2D eigenvalue weighted by atomic mass is 35.5. The van der Waals surface area contributed by atoms with E-state index in [1.807, 2.05) is 0 Å². The summed E-state index contributed by atoms with van der Waals surface area (Å²) in [5, 5.41) is 0.239. The van der Waals surface area contributed by atoms with Crippen LogP contribution in [0.2, 0.25) is 5.15 Å². The first-order chi connectivity index (χ1) is 7.15. The molecule has 4 nitrogen and oxygen atoms in total. The molecular weight excluding hydrogens is 214 g/mol. The van der Waals surface area contributed by atoms with Crippen molar-refractivity contribution in [1.82, 2.24) is 9.97 Å². The molecule has 0 aromatic carbocycles. The van der Waals surface area contributed by atoms with E-state index < -0.39 is 0 Å². The topological polar surface area (TPSA) is 61.0 Å². The summed E-state index contributed by atoms with van der Waals surface area (Å²) in [5.74, 6) is 0.862. The maximum absolute atomic E-state index is 5.73. The molecule has 1 atom stereocenters. The van der Waals surface area contributed by atoms with Gasteiger partial charge in [-0.25, -0.2) is 4.98 Å². The van der Waals surface area contributed by atoms with Gasteiger partial charge in [0, 0.05) is 0 Å². The lowest BCUT2D eigenvalue weighted by atomic mass is 10.1. The van der Waals surface area contributed by atoms with Crippen molar-refractivity contribution < 1.29 is 4.74 Å². The number of aromatic nitrogens is 2. The molecule has 0 aliphatic rings. The molecule has 0 fully saturated rings. The van der Waals surface area contributed by atoms with E-state index >= 15 is 0 Å². The monoisotopic (exact) mass is 229 g/mol. The van der Waals surface area contributed by atoms with Crippen LogP contribution in [0.15, 0.2) is 6.33 Å². The van der Waals surface area contributed by atoms with E-state index in [0.717, 1.165) is 12.8 Å². The Balaban J connectivity index is 2.54. The number of halogens is 1. The molecule has 0 aliphatic heterocycles. The number of hydrogen-bond acceptors (Lipinski definition) is 4. The molecule has 84 valence electrons. The molecule has 1 heterocycles. The van der Waals surface area contributed by atoms with Gasteiger partial charge in [-0.15, -0.1) is 0 Å². The second-order valence-corrected chi connectivity index (χ2v) is 3.95. The van der Waals surface area contributed by atoms with Crippen molar-refractivity contribution in [3.63, 3.8) is 0 Å². The smallest absolute Gasteiger partial charge is 0.241 e. The fourth-order valence-electron chi connectivity index (χ4n) is 1.27. The summed E-state index contributed by atoms with van der Waals surface area (Å²) in [5.41, 5.74) is 5.97. The van der Waals surface area contributed by atoms with Crippen molar-refractivity contribution in [1.29, 1.82) is 0 Å². The van der Waals surface area contributed by atoms with Crippen molar-refractivity contribution in [2.75, 3.05) is 12.3 Å². The molecule has 0 amide bonds. The second-order valence-electron chi connectivity index (χ2n) is 3.59. The molecule has 0 radical (unpaired) electrons. The van der Waals surface area contributed by atoms with Crippen LogP contribution >= 0.6 is 11.6 Å². The molecule has 2 N–H and O–H groups in total. The molecule has 0 saturated heterocycles. The zero-order chi connectivity index (χ0) is 11.3.